The summed E-state index contributed by atoms with van der Waals surface area (Å²) in [5.41, 5.74) is 0.435. The van der Waals surface area contributed by atoms with Crippen molar-refractivity contribution in [2.24, 2.45) is 5.92 Å². The van der Waals surface area contributed by atoms with E-state index in [1.54, 1.807) is 4.90 Å². The van der Waals surface area contributed by atoms with E-state index in [2.05, 4.69) is 22.3 Å². The second-order valence-corrected chi connectivity index (χ2v) is 5.74. The number of benzene rings is 1. The van der Waals surface area contributed by atoms with Gasteiger partial charge in [-0.25, -0.2) is 4.79 Å². The lowest BCUT2D eigenvalue weighted by Gasteiger charge is -2.32. The summed E-state index contributed by atoms with van der Waals surface area (Å²) in [6, 6.07) is 4.88. The number of urea groups is 1. The Hall–Kier alpha value is -1.96. The number of halogens is 3. The van der Waals surface area contributed by atoms with Crippen molar-refractivity contribution < 1.29 is 22.7 Å². The molecule has 1 fully saturated rings. The molecule has 2 rings (SSSR count). The molecule has 8 heteroatoms. The topological polar surface area (TPSA) is 53.6 Å². The van der Waals surface area contributed by atoms with Crippen LogP contribution in [0, 0.1) is 5.92 Å². The molecule has 24 heavy (non-hydrogen) atoms. The molecule has 0 unspecified atom stereocenters. The van der Waals surface area contributed by atoms with Crippen LogP contribution in [0.4, 0.5) is 23.7 Å². The molecule has 0 saturated carbocycles. The van der Waals surface area contributed by atoms with Gasteiger partial charge in [0.05, 0.1) is 0 Å². The van der Waals surface area contributed by atoms with Gasteiger partial charge in [-0.2, -0.15) is 0 Å². The van der Waals surface area contributed by atoms with Crippen LogP contribution >= 0.6 is 0 Å². The number of anilines is 1. The summed E-state index contributed by atoms with van der Waals surface area (Å²) in [4.78, 5) is 13.9. The van der Waals surface area contributed by atoms with Gasteiger partial charge in [0.1, 0.15) is 5.75 Å². The third-order valence-corrected chi connectivity index (χ3v) is 3.92. The van der Waals surface area contributed by atoms with Crippen molar-refractivity contribution in [3.8, 4) is 5.75 Å². The zero-order valence-corrected chi connectivity index (χ0v) is 13.5. The number of hydrogen-bond acceptors (Lipinski definition) is 3. The van der Waals surface area contributed by atoms with Gasteiger partial charge in [0, 0.05) is 18.8 Å². The second kappa shape index (κ2) is 8.23. The molecule has 0 radical (unpaired) electrons. The molecule has 2 N–H and O–H groups in total. The molecular formula is C16H22F3N3O2. The monoisotopic (exact) mass is 345 g/mol. The van der Waals surface area contributed by atoms with Crippen LogP contribution in [0.25, 0.3) is 0 Å². The molecule has 0 aliphatic carbocycles. The minimum absolute atomic E-state index is 0.235. The van der Waals surface area contributed by atoms with Crippen molar-refractivity contribution in [2.75, 3.05) is 31.5 Å². The Morgan fingerprint density at radius 1 is 1.25 bits per heavy atom. The Balaban J connectivity index is 1.80. The summed E-state index contributed by atoms with van der Waals surface area (Å²) in [7, 11) is 0. The molecule has 0 spiro atoms. The number of nitrogens with one attached hydrogen (secondary N) is 2. The largest absolute Gasteiger partial charge is 0.573 e. The standard InChI is InChI=1S/C16H22F3N3O2/c1-2-20-11-12-7-9-22(10-8-12)15(23)21-13-3-5-14(6-4-13)24-16(17,18)19/h3-6,12,20H,2,7-11H2,1H3,(H,21,23). The fraction of sp³-hybridized carbons (Fsp3) is 0.562. The zero-order valence-electron chi connectivity index (χ0n) is 13.5. The van der Waals surface area contributed by atoms with Crippen molar-refractivity contribution >= 4 is 11.7 Å². The molecule has 1 heterocycles. The van der Waals surface area contributed by atoms with E-state index in [0.29, 0.717) is 24.7 Å². The molecule has 1 aromatic rings. The summed E-state index contributed by atoms with van der Waals surface area (Å²) in [6.07, 6.45) is -2.83. The van der Waals surface area contributed by atoms with Crippen molar-refractivity contribution in [1.29, 1.82) is 0 Å². The van der Waals surface area contributed by atoms with Gasteiger partial charge < -0.3 is 20.3 Å². The highest BCUT2D eigenvalue weighted by Crippen LogP contribution is 2.24. The highest BCUT2D eigenvalue weighted by molar-refractivity contribution is 5.89. The third-order valence-electron chi connectivity index (χ3n) is 3.92. The minimum Gasteiger partial charge on any atom is -0.406 e. The lowest BCUT2D eigenvalue weighted by atomic mass is 9.97. The maximum Gasteiger partial charge on any atom is 0.573 e. The fourth-order valence-electron chi connectivity index (χ4n) is 2.63. The molecule has 1 aromatic carbocycles. The molecule has 1 aliphatic rings. The Bertz CT molecular complexity index is 526. The molecule has 134 valence electrons. The average Bonchev–Trinajstić information content (AvgIpc) is 2.54. The number of ether oxygens (including phenoxy) is 1. The van der Waals surface area contributed by atoms with E-state index < -0.39 is 6.36 Å². The molecule has 2 amide bonds. The number of alkyl halides is 3. The van der Waals surface area contributed by atoms with E-state index in [0.717, 1.165) is 25.9 Å². The van der Waals surface area contributed by atoms with Gasteiger partial charge >= 0.3 is 12.4 Å². The summed E-state index contributed by atoms with van der Waals surface area (Å²) in [5, 5.41) is 6.01. The predicted molar refractivity (Wildman–Crippen MR) is 85.0 cm³/mol. The smallest absolute Gasteiger partial charge is 0.406 e. The third kappa shape index (κ3) is 5.92. The van der Waals surface area contributed by atoms with Crippen LogP contribution in [0.15, 0.2) is 24.3 Å². The van der Waals surface area contributed by atoms with Gasteiger partial charge in [-0.15, -0.1) is 13.2 Å². The van der Waals surface area contributed by atoms with Crippen LogP contribution < -0.4 is 15.4 Å². The lowest BCUT2D eigenvalue weighted by Crippen LogP contribution is -2.42. The van der Waals surface area contributed by atoms with Crippen molar-refractivity contribution in [3.05, 3.63) is 24.3 Å². The van der Waals surface area contributed by atoms with E-state index in [9.17, 15) is 18.0 Å². The molecule has 0 aromatic heterocycles. The number of nitrogens with zero attached hydrogens (tertiary/aromatic N) is 1. The van der Waals surface area contributed by atoms with Crippen LogP contribution in [0.2, 0.25) is 0 Å². The Morgan fingerprint density at radius 3 is 2.42 bits per heavy atom. The van der Waals surface area contributed by atoms with E-state index in [4.69, 9.17) is 0 Å². The first kappa shape index (κ1) is 18.4. The SMILES string of the molecule is CCNCC1CCN(C(=O)Nc2ccc(OC(F)(F)F)cc2)CC1. The summed E-state index contributed by atoms with van der Waals surface area (Å²) >= 11 is 0. The van der Waals surface area contributed by atoms with Gasteiger partial charge in [-0.3, -0.25) is 0 Å². The highest BCUT2D eigenvalue weighted by atomic mass is 19.4. The average molecular weight is 345 g/mol. The van der Waals surface area contributed by atoms with Gasteiger partial charge in [-0.1, -0.05) is 6.92 Å². The normalized spacial score (nSPS) is 16.1. The number of piperidine rings is 1. The first-order chi connectivity index (χ1) is 11.4. The number of rotatable bonds is 5. The number of likely N-dealkylation sites (tertiary alicyclic amines) is 1. The van der Waals surface area contributed by atoms with Crippen LogP contribution in [0.3, 0.4) is 0 Å². The Morgan fingerprint density at radius 2 is 1.88 bits per heavy atom. The van der Waals surface area contributed by atoms with Gasteiger partial charge in [-0.05, 0) is 56.1 Å². The maximum atomic E-state index is 12.2. The first-order valence-electron chi connectivity index (χ1n) is 8.00. The zero-order chi connectivity index (χ0) is 17.6. The highest BCUT2D eigenvalue weighted by Gasteiger charge is 2.31. The van der Waals surface area contributed by atoms with E-state index in [-0.39, 0.29) is 11.8 Å². The van der Waals surface area contributed by atoms with Gasteiger partial charge in [0.15, 0.2) is 0 Å². The van der Waals surface area contributed by atoms with E-state index in [1.807, 2.05) is 0 Å². The molecule has 5 nitrogen and oxygen atoms in total. The Kier molecular flexibility index (Phi) is 6.30. The number of carbonyl (C=O) groups excluding carboxylic acids is 1. The fourth-order valence-corrected chi connectivity index (χ4v) is 2.63. The summed E-state index contributed by atoms with van der Waals surface area (Å²) in [6.45, 7) is 5.32. The lowest BCUT2D eigenvalue weighted by molar-refractivity contribution is -0.274. The first-order valence-corrected chi connectivity index (χ1v) is 8.00. The van der Waals surface area contributed by atoms with E-state index >= 15 is 0 Å². The molecule has 0 bridgehead atoms. The molecular weight excluding hydrogens is 323 g/mol. The quantitative estimate of drug-likeness (QED) is 0.860. The summed E-state index contributed by atoms with van der Waals surface area (Å²) < 4.78 is 40.1. The predicted octanol–water partition coefficient (Wildman–Crippen LogP) is 3.44. The van der Waals surface area contributed by atoms with Crippen molar-refractivity contribution in [1.82, 2.24) is 10.2 Å². The number of carbonyl (C=O) groups is 1. The van der Waals surface area contributed by atoms with Crippen LogP contribution in [0.1, 0.15) is 19.8 Å². The Labute approximate surface area is 139 Å². The molecule has 1 saturated heterocycles. The number of amides is 2. The van der Waals surface area contributed by atoms with Crippen LogP contribution in [-0.4, -0.2) is 43.5 Å². The number of hydrogen-bond donors (Lipinski definition) is 2. The van der Waals surface area contributed by atoms with E-state index in [1.165, 1.54) is 24.3 Å². The maximum absolute atomic E-state index is 12.2. The van der Waals surface area contributed by atoms with Crippen LogP contribution in [0.5, 0.6) is 5.75 Å². The van der Waals surface area contributed by atoms with Crippen molar-refractivity contribution in [2.45, 2.75) is 26.1 Å². The van der Waals surface area contributed by atoms with Crippen molar-refractivity contribution in [3.63, 3.8) is 0 Å². The molecule has 1 aliphatic heterocycles. The van der Waals surface area contributed by atoms with Gasteiger partial charge in [0.25, 0.3) is 0 Å². The molecule has 0 atom stereocenters. The van der Waals surface area contributed by atoms with Crippen LogP contribution in [-0.2, 0) is 0 Å². The summed E-state index contributed by atoms with van der Waals surface area (Å²) in [5.74, 6) is 0.262. The second-order valence-electron chi connectivity index (χ2n) is 5.74. The minimum atomic E-state index is -4.72. The van der Waals surface area contributed by atoms with Gasteiger partial charge in [0.2, 0.25) is 0 Å².